The Balaban J connectivity index is 1.78. The molecule has 2 fully saturated rings. The molecule has 3 aliphatic rings. The van der Waals surface area contributed by atoms with Crippen LogP contribution in [0.4, 0.5) is 10.1 Å². The molecular formula is C15H17FN2O. The minimum Gasteiger partial charge on any atom is -0.307 e. The number of halogens is 1. The molecule has 3 atom stereocenters. The minimum atomic E-state index is -0.207. The van der Waals surface area contributed by atoms with Crippen molar-refractivity contribution in [3.63, 3.8) is 0 Å². The molecule has 3 nitrogen and oxygen atoms in total. The molecule has 0 aromatic heterocycles. The van der Waals surface area contributed by atoms with Crippen molar-refractivity contribution in [2.24, 2.45) is 5.92 Å². The summed E-state index contributed by atoms with van der Waals surface area (Å²) in [5.41, 5.74) is 1.91. The van der Waals surface area contributed by atoms with Crippen molar-refractivity contribution in [2.75, 3.05) is 18.5 Å². The van der Waals surface area contributed by atoms with Gasteiger partial charge in [-0.05, 0) is 56.6 Å². The van der Waals surface area contributed by atoms with Gasteiger partial charge in [-0.3, -0.25) is 4.79 Å². The van der Waals surface area contributed by atoms with Gasteiger partial charge in [-0.15, -0.1) is 0 Å². The maximum Gasteiger partial charge on any atom is 0.232 e. The zero-order valence-corrected chi connectivity index (χ0v) is 11.0. The number of hydrogen-bond acceptors (Lipinski definition) is 2. The van der Waals surface area contributed by atoms with Crippen LogP contribution in [0.25, 0.3) is 0 Å². The van der Waals surface area contributed by atoms with Crippen molar-refractivity contribution in [1.82, 2.24) is 4.90 Å². The van der Waals surface area contributed by atoms with Crippen molar-refractivity contribution in [2.45, 2.75) is 31.3 Å². The molecular weight excluding hydrogens is 243 g/mol. The van der Waals surface area contributed by atoms with Gasteiger partial charge < -0.3 is 9.80 Å². The lowest BCUT2D eigenvalue weighted by Crippen LogP contribution is -2.47. The SMILES string of the molecule is CN1CCCC2C(=O)N3c4ccc(F)cc4CC3C21. The average molecular weight is 260 g/mol. The van der Waals surface area contributed by atoms with Crippen molar-refractivity contribution < 1.29 is 9.18 Å². The third-order valence-electron chi connectivity index (χ3n) is 4.96. The molecule has 1 aromatic rings. The van der Waals surface area contributed by atoms with Gasteiger partial charge in [0.25, 0.3) is 0 Å². The monoisotopic (exact) mass is 260 g/mol. The van der Waals surface area contributed by atoms with Gasteiger partial charge in [0.2, 0.25) is 5.91 Å². The molecule has 4 heteroatoms. The number of amides is 1. The Morgan fingerprint density at radius 2 is 2.21 bits per heavy atom. The van der Waals surface area contributed by atoms with Crippen LogP contribution < -0.4 is 4.90 Å². The Labute approximate surface area is 112 Å². The maximum absolute atomic E-state index is 13.3. The van der Waals surface area contributed by atoms with E-state index in [4.69, 9.17) is 0 Å². The van der Waals surface area contributed by atoms with E-state index in [-0.39, 0.29) is 23.7 Å². The summed E-state index contributed by atoms with van der Waals surface area (Å²) in [6.07, 6.45) is 2.89. The molecule has 3 unspecified atom stereocenters. The fraction of sp³-hybridized carbons (Fsp3) is 0.533. The smallest absolute Gasteiger partial charge is 0.232 e. The second-order valence-corrected chi connectivity index (χ2v) is 5.97. The lowest BCUT2D eigenvalue weighted by atomic mass is 9.87. The van der Waals surface area contributed by atoms with Gasteiger partial charge in [0.15, 0.2) is 0 Å². The first kappa shape index (κ1) is 11.4. The van der Waals surface area contributed by atoms with Gasteiger partial charge in [0.1, 0.15) is 5.82 Å². The van der Waals surface area contributed by atoms with Gasteiger partial charge in [0, 0.05) is 11.7 Å². The molecule has 1 aromatic carbocycles. The topological polar surface area (TPSA) is 23.6 Å². The Morgan fingerprint density at radius 3 is 3.05 bits per heavy atom. The van der Waals surface area contributed by atoms with E-state index in [1.54, 1.807) is 12.1 Å². The van der Waals surface area contributed by atoms with E-state index in [1.807, 2.05) is 4.90 Å². The highest BCUT2D eigenvalue weighted by Gasteiger charge is 2.54. The standard InChI is InChI=1S/C15H17FN2O/c1-17-6-2-3-11-14(17)13-8-9-7-10(16)4-5-12(9)18(13)15(11)19/h4-5,7,11,13-14H,2-3,6,8H2,1H3. The Hall–Kier alpha value is -1.42. The molecule has 0 spiro atoms. The highest BCUT2D eigenvalue weighted by Crippen LogP contribution is 2.45. The first-order chi connectivity index (χ1) is 9.16. The second kappa shape index (κ2) is 3.79. The quantitative estimate of drug-likeness (QED) is 0.710. The number of hydrogen-bond donors (Lipinski definition) is 0. The lowest BCUT2D eigenvalue weighted by Gasteiger charge is -2.35. The van der Waals surface area contributed by atoms with Crippen LogP contribution in [0, 0.1) is 11.7 Å². The summed E-state index contributed by atoms with van der Waals surface area (Å²) in [7, 11) is 2.11. The first-order valence-corrected chi connectivity index (χ1v) is 6.98. The number of benzene rings is 1. The predicted molar refractivity (Wildman–Crippen MR) is 70.5 cm³/mol. The van der Waals surface area contributed by atoms with E-state index < -0.39 is 0 Å². The summed E-state index contributed by atoms with van der Waals surface area (Å²) in [6, 6.07) is 5.31. The zero-order valence-electron chi connectivity index (χ0n) is 11.0. The summed E-state index contributed by atoms with van der Waals surface area (Å²) in [4.78, 5) is 16.9. The van der Waals surface area contributed by atoms with E-state index >= 15 is 0 Å². The highest BCUT2D eigenvalue weighted by atomic mass is 19.1. The number of rotatable bonds is 0. The highest BCUT2D eigenvalue weighted by molar-refractivity contribution is 6.01. The number of nitrogens with zero attached hydrogens (tertiary/aromatic N) is 2. The Morgan fingerprint density at radius 1 is 1.37 bits per heavy atom. The molecule has 3 heterocycles. The van der Waals surface area contributed by atoms with Crippen LogP contribution in [-0.4, -0.2) is 36.5 Å². The van der Waals surface area contributed by atoms with Crippen LogP contribution in [0.15, 0.2) is 18.2 Å². The lowest BCUT2D eigenvalue weighted by molar-refractivity contribution is -0.122. The van der Waals surface area contributed by atoms with Gasteiger partial charge in [-0.2, -0.15) is 0 Å². The third-order valence-corrected chi connectivity index (χ3v) is 4.96. The molecule has 4 rings (SSSR count). The van der Waals surface area contributed by atoms with Crippen molar-refractivity contribution in [1.29, 1.82) is 0 Å². The Bertz CT molecular complexity index is 559. The van der Waals surface area contributed by atoms with Gasteiger partial charge in [-0.25, -0.2) is 4.39 Å². The number of likely N-dealkylation sites (tertiary alicyclic amines) is 1. The fourth-order valence-electron chi connectivity index (χ4n) is 4.20. The van der Waals surface area contributed by atoms with Gasteiger partial charge in [-0.1, -0.05) is 0 Å². The number of anilines is 1. The summed E-state index contributed by atoms with van der Waals surface area (Å²) < 4.78 is 13.3. The third kappa shape index (κ3) is 1.43. The zero-order chi connectivity index (χ0) is 13.1. The number of piperidine rings is 1. The summed E-state index contributed by atoms with van der Waals surface area (Å²) in [5.74, 6) is 0.176. The summed E-state index contributed by atoms with van der Waals surface area (Å²) in [5, 5.41) is 0. The van der Waals surface area contributed by atoms with Crippen molar-refractivity contribution in [3.05, 3.63) is 29.6 Å². The molecule has 0 aliphatic carbocycles. The van der Waals surface area contributed by atoms with Crippen LogP contribution in [-0.2, 0) is 11.2 Å². The molecule has 100 valence electrons. The second-order valence-electron chi connectivity index (χ2n) is 5.97. The van der Waals surface area contributed by atoms with E-state index in [9.17, 15) is 9.18 Å². The largest absolute Gasteiger partial charge is 0.307 e. The number of fused-ring (bicyclic) bond motifs is 5. The van der Waals surface area contributed by atoms with Crippen molar-refractivity contribution >= 4 is 11.6 Å². The molecule has 0 bridgehead atoms. The van der Waals surface area contributed by atoms with Crippen LogP contribution >= 0.6 is 0 Å². The molecule has 0 saturated carbocycles. The van der Waals surface area contributed by atoms with Gasteiger partial charge >= 0.3 is 0 Å². The van der Waals surface area contributed by atoms with E-state index in [1.165, 1.54) is 6.07 Å². The van der Waals surface area contributed by atoms with Crippen LogP contribution in [0.1, 0.15) is 18.4 Å². The molecule has 2 saturated heterocycles. The predicted octanol–water partition coefficient (Wildman–Crippen LogP) is 1.81. The molecule has 3 aliphatic heterocycles. The van der Waals surface area contributed by atoms with E-state index in [2.05, 4.69) is 11.9 Å². The number of likely N-dealkylation sites (N-methyl/N-ethyl adjacent to an activating group) is 1. The van der Waals surface area contributed by atoms with E-state index in [0.717, 1.165) is 37.1 Å². The maximum atomic E-state index is 13.3. The number of carbonyl (C=O) groups excluding carboxylic acids is 1. The number of carbonyl (C=O) groups is 1. The molecule has 0 N–H and O–H groups in total. The molecule has 1 amide bonds. The summed E-state index contributed by atoms with van der Waals surface area (Å²) in [6.45, 7) is 1.06. The first-order valence-electron chi connectivity index (χ1n) is 6.98. The Kier molecular flexibility index (Phi) is 2.28. The molecule has 19 heavy (non-hydrogen) atoms. The van der Waals surface area contributed by atoms with Crippen LogP contribution in [0.3, 0.4) is 0 Å². The van der Waals surface area contributed by atoms with Crippen LogP contribution in [0.2, 0.25) is 0 Å². The van der Waals surface area contributed by atoms with Crippen LogP contribution in [0.5, 0.6) is 0 Å². The molecule has 0 radical (unpaired) electrons. The normalized spacial score (nSPS) is 33.3. The summed E-state index contributed by atoms with van der Waals surface area (Å²) >= 11 is 0. The van der Waals surface area contributed by atoms with E-state index in [0.29, 0.717) is 6.04 Å². The van der Waals surface area contributed by atoms with Gasteiger partial charge in [0.05, 0.1) is 12.0 Å². The fourth-order valence-corrected chi connectivity index (χ4v) is 4.20. The average Bonchev–Trinajstić information content (AvgIpc) is 2.87. The minimum absolute atomic E-state index is 0.141. The van der Waals surface area contributed by atoms with Crippen molar-refractivity contribution in [3.8, 4) is 0 Å².